The molecule has 0 saturated carbocycles. The second-order valence-electron chi connectivity index (χ2n) is 7.28. The van der Waals surface area contributed by atoms with Gasteiger partial charge in [-0.25, -0.2) is 9.13 Å². The molecule has 31 heavy (non-hydrogen) atoms. The molecular formula is C22H20Cl3N3O3. The van der Waals surface area contributed by atoms with Gasteiger partial charge in [-0.2, -0.15) is 0 Å². The van der Waals surface area contributed by atoms with Crippen molar-refractivity contribution in [2.45, 2.75) is 25.9 Å². The monoisotopic (exact) mass is 479 g/mol. The molecule has 0 bridgehead atoms. The summed E-state index contributed by atoms with van der Waals surface area (Å²) < 4.78 is 15.3. The lowest BCUT2D eigenvalue weighted by Gasteiger charge is -2.18. The molecule has 9 heteroatoms. The third-order valence-corrected chi connectivity index (χ3v) is 6.03. The number of hydrogen-bond acceptors (Lipinski definition) is 4. The normalized spacial score (nSPS) is 14.8. The summed E-state index contributed by atoms with van der Waals surface area (Å²) in [5.74, 6) is 2.19. The van der Waals surface area contributed by atoms with E-state index in [2.05, 4.69) is 9.56 Å². The lowest BCUT2D eigenvalue weighted by molar-refractivity contribution is -0.693. The molecule has 0 aliphatic carbocycles. The molecule has 2 aliphatic rings. The molecule has 6 nitrogen and oxygen atoms in total. The minimum Gasteiger partial charge on any atom is -0.859 e. The van der Waals surface area contributed by atoms with Crippen molar-refractivity contribution in [1.82, 2.24) is 4.57 Å². The number of aromatic nitrogens is 2. The number of ether oxygens (including phenoxy) is 2. The fourth-order valence-corrected chi connectivity index (χ4v) is 4.26. The van der Waals surface area contributed by atoms with Crippen LogP contribution in [0.3, 0.4) is 0 Å². The van der Waals surface area contributed by atoms with Gasteiger partial charge in [0.1, 0.15) is 26.0 Å². The van der Waals surface area contributed by atoms with Gasteiger partial charge in [-0.1, -0.05) is 23.2 Å². The Hall–Kier alpha value is -2.41. The van der Waals surface area contributed by atoms with Crippen LogP contribution in [-0.2, 0) is 19.5 Å². The summed E-state index contributed by atoms with van der Waals surface area (Å²) >= 11 is 12.3. The number of benzene rings is 2. The van der Waals surface area contributed by atoms with Gasteiger partial charge < -0.3 is 14.6 Å². The van der Waals surface area contributed by atoms with Crippen LogP contribution in [0.2, 0.25) is 10.0 Å². The van der Waals surface area contributed by atoms with Gasteiger partial charge in [0.25, 0.3) is 5.82 Å². The molecule has 5 rings (SSSR count). The Bertz CT molecular complexity index is 1160. The standard InChI is InChI=1S/C22H19Cl2N3O3.ClH/c23-16-5-3-14(10-17(16)24)18-12-26(22-2-1-7-27(18)22)13-21(28)25-15-4-6-19-20(11-15)30-9-8-29-19;/h3-6,10-12H,1-2,7-9,13H2;1H. The molecule has 0 N–H and O–H groups in total. The molecule has 0 unspecified atom stereocenters. The van der Waals surface area contributed by atoms with Crippen LogP contribution in [0, 0.1) is 0 Å². The van der Waals surface area contributed by atoms with Crippen LogP contribution in [0.4, 0.5) is 5.69 Å². The average molecular weight is 481 g/mol. The number of nitrogens with zero attached hydrogens (tertiary/aromatic N) is 3. The molecule has 3 aromatic rings. The van der Waals surface area contributed by atoms with Crippen molar-refractivity contribution in [2.24, 2.45) is 4.99 Å². The molecule has 0 amide bonds. The van der Waals surface area contributed by atoms with E-state index in [-0.39, 0.29) is 24.8 Å². The number of hydrogen-bond donors (Lipinski definition) is 0. The minimum absolute atomic E-state index is 0. The Morgan fingerprint density at radius 1 is 1.06 bits per heavy atom. The maximum absolute atomic E-state index is 12.7. The average Bonchev–Trinajstić information content (AvgIpc) is 3.34. The lowest BCUT2D eigenvalue weighted by atomic mass is 10.1. The zero-order chi connectivity index (χ0) is 20.7. The summed E-state index contributed by atoms with van der Waals surface area (Å²) in [5, 5.41) is 13.7. The second-order valence-corrected chi connectivity index (χ2v) is 8.09. The zero-order valence-corrected chi connectivity index (χ0v) is 18.8. The highest BCUT2D eigenvalue weighted by molar-refractivity contribution is 6.42. The van der Waals surface area contributed by atoms with Gasteiger partial charge in [0.2, 0.25) is 0 Å². The van der Waals surface area contributed by atoms with Crippen LogP contribution in [0.1, 0.15) is 12.2 Å². The van der Waals surface area contributed by atoms with Gasteiger partial charge in [-0.15, -0.1) is 12.4 Å². The number of rotatable bonds is 4. The number of aliphatic imine (C=N–C) groups is 1. The highest BCUT2D eigenvalue weighted by Gasteiger charge is 2.28. The molecule has 3 heterocycles. The van der Waals surface area contributed by atoms with Crippen LogP contribution >= 0.6 is 35.6 Å². The quantitative estimate of drug-likeness (QED) is 0.322. The molecule has 0 atom stereocenters. The first kappa shape index (κ1) is 21.8. The highest BCUT2D eigenvalue weighted by atomic mass is 35.5. The van der Waals surface area contributed by atoms with Gasteiger partial charge in [0.05, 0.1) is 28.7 Å². The van der Waals surface area contributed by atoms with Crippen molar-refractivity contribution in [3.63, 3.8) is 0 Å². The summed E-state index contributed by atoms with van der Waals surface area (Å²) in [6.07, 6.45) is 3.95. The third-order valence-electron chi connectivity index (χ3n) is 5.29. The Morgan fingerprint density at radius 3 is 2.68 bits per heavy atom. The van der Waals surface area contributed by atoms with Crippen molar-refractivity contribution in [3.05, 3.63) is 58.5 Å². The maximum atomic E-state index is 12.7. The van der Waals surface area contributed by atoms with E-state index in [0.29, 0.717) is 40.4 Å². The van der Waals surface area contributed by atoms with Gasteiger partial charge in [-0.05, 0) is 36.8 Å². The first-order valence-electron chi connectivity index (χ1n) is 9.80. The van der Waals surface area contributed by atoms with E-state index in [0.717, 1.165) is 36.5 Å². The minimum atomic E-state index is -0.224. The molecule has 0 fully saturated rings. The fourth-order valence-electron chi connectivity index (χ4n) is 3.96. The van der Waals surface area contributed by atoms with E-state index in [4.69, 9.17) is 32.7 Å². The van der Waals surface area contributed by atoms with Gasteiger partial charge in [0.15, 0.2) is 17.2 Å². The molecular weight excluding hydrogens is 461 g/mol. The third kappa shape index (κ3) is 4.33. The van der Waals surface area contributed by atoms with E-state index in [1.807, 2.05) is 22.9 Å². The molecule has 1 aromatic heterocycles. The Balaban J connectivity index is 0.00000231. The van der Waals surface area contributed by atoms with Crippen molar-refractivity contribution in [1.29, 1.82) is 0 Å². The van der Waals surface area contributed by atoms with Crippen LogP contribution < -0.4 is 19.1 Å². The fraction of sp³-hybridized carbons (Fsp3) is 0.273. The lowest BCUT2D eigenvalue weighted by Crippen LogP contribution is -2.43. The number of fused-ring (bicyclic) bond motifs is 2. The molecule has 0 saturated heterocycles. The summed E-state index contributed by atoms with van der Waals surface area (Å²) in [5.41, 5.74) is 2.56. The SMILES string of the molecule is Cl.[O-]C(C[n+]1cc(-c2ccc(Cl)c(Cl)c2)n2c1CCC2)=Nc1ccc2c(c1)OCCO2. The predicted octanol–water partition coefficient (Wildman–Crippen LogP) is 3.98. The summed E-state index contributed by atoms with van der Waals surface area (Å²) in [7, 11) is 0. The van der Waals surface area contributed by atoms with E-state index in [1.165, 1.54) is 0 Å². The first-order chi connectivity index (χ1) is 14.6. The number of imidazole rings is 1. The highest BCUT2D eigenvalue weighted by Crippen LogP contribution is 2.34. The first-order valence-corrected chi connectivity index (χ1v) is 10.6. The molecule has 2 aliphatic heterocycles. The number of halogens is 3. The van der Waals surface area contributed by atoms with Gasteiger partial charge in [-0.3, -0.25) is 4.99 Å². The van der Waals surface area contributed by atoms with E-state index in [1.54, 1.807) is 24.3 Å². The molecule has 162 valence electrons. The molecule has 2 aromatic carbocycles. The van der Waals surface area contributed by atoms with Gasteiger partial charge >= 0.3 is 0 Å². The topological polar surface area (TPSA) is 62.7 Å². The van der Waals surface area contributed by atoms with Crippen LogP contribution in [0.15, 0.2) is 47.6 Å². The summed E-state index contributed by atoms with van der Waals surface area (Å²) in [6, 6.07) is 10.9. The Labute approximate surface area is 196 Å². The maximum Gasteiger partial charge on any atom is 0.257 e. The predicted molar refractivity (Wildman–Crippen MR) is 120 cm³/mol. The van der Waals surface area contributed by atoms with Crippen molar-refractivity contribution in [2.75, 3.05) is 13.2 Å². The molecule has 0 spiro atoms. The van der Waals surface area contributed by atoms with E-state index < -0.39 is 0 Å². The largest absolute Gasteiger partial charge is 0.859 e. The zero-order valence-electron chi connectivity index (χ0n) is 16.5. The summed E-state index contributed by atoms with van der Waals surface area (Å²) in [6.45, 7) is 2.10. The molecule has 0 radical (unpaired) electrons. The van der Waals surface area contributed by atoms with E-state index in [9.17, 15) is 5.11 Å². The Kier molecular flexibility index (Phi) is 6.32. The Morgan fingerprint density at radius 2 is 1.87 bits per heavy atom. The smallest absolute Gasteiger partial charge is 0.257 e. The van der Waals surface area contributed by atoms with Crippen molar-refractivity contribution in [3.8, 4) is 22.8 Å². The van der Waals surface area contributed by atoms with Crippen molar-refractivity contribution >= 4 is 47.2 Å². The summed E-state index contributed by atoms with van der Waals surface area (Å²) in [4.78, 5) is 4.25. The second kappa shape index (κ2) is 8.99. The van der Waals surface area contributed by atoms with Gasteiger partial charge in [0, 0.05) is 17.5 Å². The van der Waals surface area contributed by atoms with Crippen LogP contribution in [0.5, 0.6) is 11.5 Å². The van der Waals surface area contributed by atoms with Crippen LogP contribution in [-0.4, -0.2) is 23.7 Å². The van der Waals surface area contributed by atoms with Crippen LogP contribution in [0.25, 0.3) is 11.3 Å². The van der Waals surface area contributed by atoms with E-state index >= 15 is 0 Å². The van der Waals surface area contributed by atoms with Crippen molar-refractivity contribution < 1.29 is 19.1 Å².